The maximum absolute atomic E-state index is 12.9. The van der Waals surface area contributed by atoms with Crippen LogP contribution in [0, 0.1) is 5.82 Å². The van der Waals surface area contributed by atoms with Gasteiger partial charge in [-0.25, -0.2) is 14.1 Å². The maximum atomic E-state index is 12.9. The van der Waals surface area contributed by atoms with Crippen molar-refractivity contribution >= 4 is 6.29 Å². The SMILES string of the molecule is Cn1ncnc1-c1ccc(F)cc1C=O. The number of nitrogens with zero attached hydrogens (tertiary/aromatic N) is 3. The van der Waals surface area contributed by atoms with Crippen LogP contribution >= 0.6 is 0 Å². The van der Waals surface area contributed by atoms with Gasteiger partial charge in [0.2, 0.25) is 0 Å². The highest BCUT2D eigenvalue weighted by atomic mass is 19.1. The lowest BCUT2D eigenvalue weighted by molar-refractivity contribution is 0.112. The molecule has 2 aromatic rings. The molecule has 0 unspecified atom stereocenters. The molecule has 0 bridgehead atoms. The molecule has 4 nitrogen and oxygen atoms in total. The second-order valence-corrected chi connectivity index (χ2v) is 3.06. The molecule has 0 atom stereocenters. The van der Waals surface area contributed by atoms with Crippen molar-refractivity contribution in [1.29, 1.82) is 0 Å². The highest BCUT2D eigenvalue weighted by molar-refractivity contribution is 5.85. The minimum absolute atomic E-state index is 0.270. The number of aryl methyl sites for hydroxylation is 1. The Kier molecular flexibility index (Phi) is 2.29. The minimum Gasteiger partial charge on any atom is -0.298 e. The van der Waals surface area contributed by atoms with E-state index in [1.807, 2.05) is 0 Å². The molecule has 2 rings (SSSR count). The first-order valence-electron chi connectivity index (χ1n) is 4.31. The Balaban J connectivity index is 2.63. The number of hydrogen-bond acceptors (Lipinski definition) is 3. The maximum Gasteiger partial charge on any atom is 0.158 e. The molecule has 0 saturated heterocycles. The zero-order valence-electron chi connectivity index (χ0n) is 8.01. The standard InChI is InChI=1S/C10H8FN3O/c1-14-10(12-6-13-14)9-3-2-8(11)4-7(9)5-15/h2-6H,1H3. The molecule has 1 aromatic heterocycles. The summed E-state index contributed by atoms with van der Waals surface area (Å²) in [4.78, 5) is 14.8. The van der Waals surface area contributed by atoms with Crippen molar-refractivity contribution in [2.45, 2.75) is 0 Å². The summed E-state index contributed by atoms with van der Waals surface area (Å²) in [5, 5.41) is 3.89. The normalized spacial score (nSPS) is 10.3. The first kappa shape index (κ1) is 9.51. The number of aldehydes is 1. The van der Waals surface area contributed by atoms with Crippen LogP contribution in [0.25, 0.3) is 11.4 Å². The second kappa shape index (κ2) is 3.61. The summed E-state index contributed by atoms with van der Waals surface area (Å²) in [5.41, 5.74) is 0.845. The van der Waals surface area contributed by atoms with E-state index in [1.165, 1.54) is 29.2 Å². The van der Waals surface area contributed by atoms with Crippen molar-refractivity contribution < 1.29 is 9.18 Å². The molecular formula is C10H8FN3O. The molecule has 1 heterocycles. The lowest BCUT2D eigenvalue weighted by Crippen LogP contribution is -1.98. The van der Waals surface area contributed by atoms with Crippen LogP contribution in [0.5, 0.6) is 0 Å². The van der Waals surface area contributed by atoms with Gasteiger partial charge in [-0.05, 0) is 18.2 Å². The fourth-order valence-corrected chi connectivity index (χ4v) is 1.37. The summed E-state index contributed by atoms with van der Waals surface area (Å²) in [6, 6.07) is 3.98. The van der Waals surface area contributed by atoms with Gasteiger partial charge in [-0.3, -0.25) is 4.79 Å². The smallest absolute Gasteiger partial charge is 0.158 e. The van der Waals surface area contributed by atoms with Gasteiger partial charge in [-0.2, -0.15) is 5.10 Å². The molecule has 1 aromatic carbocycles. The van der Waals surface area contributed by atoms with Crippen molar-refractivity contribution in [3.63, 3.8) is 0 Å². The predicted octanol–water partition coefficient (Wildman–Crippen LogP) is 1.43. The van der Waals surface area contributed by atoms with E-state index in [4.69, 9.17) is 0 Å². The first-order valence-corrected chi connectivity index (χ1v) is 4.31. The molecule has 5 heteroatoms. The zero-order valence-corrected chi connectivity index (χ0v) is 8.01. The van der Waals surface area contributed by atoms with Gasteiger partial charge < -0.3 is 0 Å². The third-order valence-electron chi connectivity index (χ3n) is 2.09. The molecule has 0 amide bonds. The zero-order chi connectivity index (χ0) is 10.8. The first-order chi connectivity index (χ1) is 7.22. The van der Waals surface area contributed by atoms with Crippen LogP contribution in [0.15, 0.2) is 24.5 Å². The summed E-state index contributed by atoms with van der Waals surface area (Å²) < 4.78 is 14.4. The number of rotatable bonds is 2. The molecule has 0 aliphatic carbocycles. The third kappa shape index (κ3) is 1.63. The van der Waals surface area contributed by atoms with E-state index in [-0.39, 0.29) is 5.56 Å². The van der Waals surface area contributed by atoms with Gasteiger partial charge in [-0.1, -0.05) is 0 Å². The van der Waals surface area contributed by atoms with Crippen LogP contribution in [0.2, 0.25) is 0 Å². The number of carbonyl (C=O) groups is 1. The Morgan fingerprint density at radius 2 is 2.27 bits per heavy atom. The second-order valence-electron chi connectivity index (χ2n) is 3.06. The van der Waals surface area contributed by atoms with Crippen LogP contribution in [0.4, 0.5) is 4.39 Å². The van der Waals surface area contributed by atoms with Gasteiger partial charge in [0, 0.05) is 18.2 Å². The Morgan fingerprint density at radius 1 is 1.47 bits per heavy atom. The van der Waals surface area contributed by atoms with Crippen molar-refractivity contribution in [2.75, 3.05) is 0 Å². The number of aromatic nitrogens is 3. The quantitative estimate of drug-likeness (QED) is 0.697. The van der Waals surface area contributed by atoms with E-state index in [2.05, 4.69) is 10.1 Å². The Bertz CT molecular complexity index is 507. The molecule has 0 fully saturated rings. The highest BCUT2D eigenvalue weighted by Crippen LogP contribution is 2.20. The van der Waals surface area contributed by atoms with Crippen LogP contribution in [-0.4, -0.2) is 21.1 Å². The van der Waals surface area contributed by atoms with Crippen LogP contribution in [-0.2, 0) is 7.05 Å². The number of benzene rings is 1. The molecule has 15 heavy (non-hydrogen) atoms. The Labute approximate surface area is 85.4 Å². The number of halogens is 1. The van der Waals surface area contributed by atoms with E-state index in [9.17, 15) is 9.18 Å². The largest absolute Gasteiger partial charge is 0.298 e. The van der Waals surface area contributed by atoms with Crippen LogP contribution < -0.4 is 0 Å². The van der Waals surface area contributed by atoms with E-state index >= 15 is 0 Å². The molecular weight excluding hydrogens is 197 g/mol. The monoisotopic (exact) mass is 205 g/mol. The minimum atomic E-state index is -0.442. The van der Waals surface area contributed by atoms with E-state index < -0.39 is 5.82 Å². The van der Waals surface area contributed by atoms with Crippen molar-refractivity contribution in [3.05, 3.63) is 35.9 Å². The molecule has 76 valence electrons. The van der Waals surface area contributed by atoms with Gasteiger partial charge in [0.05, 0.1) is 0 Å². The van der Waals surface area contributed by atoms with Gasteiger partial charge >= 0.3 is 0 Å². The molecule has 0 N–H and O–H groups in total. The third-order valence-corrected chi connectivity index (χ3v) is 2.09. The lowest BCUT2D eigenvalue weighted by Gasteiger charge is -2.03. The van der Waals surface area contributed by atoms with Crippen molar-refractivity contribution in [2.24, 2.45) is 7.05 Å². The van der Waals surface area contributed by atoms with Gasteiger partial charge in [0.15, 0.2) is 12.1 Å². The average Bonchev–Trinajstić information content (AvgIpc) is 2.64. The van der Waals surface area contributed by atoms with Crippen molar-refractivity contribution in [1.82, 2.24) is 14.8 Å². The molecule has 0 aliphatic heterocycles. The lowest BCUT2D eigenvalue weighted by atomic mass is 10.1. The summed E-state index contributed by atoms with van der Waals surface area (Å²) in [7, 11) is 1.71. The summed E-state index contributed by atoms with van der Waals surface area (Å²) in [6.07, 6.45) is 1.99. The van der Waals surface area contributed by atoms with Crippen LogP contribution in [0.3, 0.4) is 0 Å². The fourth-order valence-electron chi connectivity index (χ4n) is 1.37. The molecule has 0 radical (unpaired) electrons. The summed E-state index contributed by atoms with van der Waals surface area (Å²) in [6.45, 7) is 0. The Morgan fingerprint density at radius 3 is 2.87 bits per heavy atom. The van der Waals surface area contributed by atoms with E-state index in [0.29, 0.717) is 17.7 Å². The van der Waals surface area contributed by atoms with E-state index in [1.54, 1.807) is 7.05 Å². The topological polar surface area (TPSA) is 47.8 Å². The van der Waals surface area contributed by atoms with Gasteiger partial charge in [-0.15, -0.1) is 0 Å². The van der Waals surface area contributed by atoms with Crippen LogP contribution in [0.1, 0.15) is 10.4 Å². The fraction of sp³-hybridized carbons (Fsp3) is 0.100. The summed E-state index contributed by atoms with van der Waals surface area (Å²) >= 11 is 0. The highest BCUT2D eigenvalue weighted by Gasteiger charge is 2.10. The van der Waals surface area contributed by atoms with E-state index in [0.717, 1.165) is 0 Å². The number of hydrogen-bond donors (Lipinski definition) is 0. The Hall–Kier alpha value is -2.04. The molecule has 0 saturated carbocycles. The number of carbonyl (C=O) groups excluding carboxylic acids is 1. The molecule has 0 aliphatic rings. The predicted molar refractivity (Wildman–Crippen MR) is 51.8 cm³/mol. The average molecular weight is 205 g/mol. The van der Waals surface area contributed by atoms with Gasteiger partial charge in [0.25, 0.3) is 0 Å². The molecule has 0 spiro atoms. The summed E-state index contributed by atoms with van der Waals surface area (Å²) in [5.74, 6) is 0.0973. The van der Waals surface area contributed by atoms with Crippen molar-refractivity contribution in [3.8, 4) is 11.4 Å². The van der Waals surface area contributed by atoms with Gasteiger partial charge in [0.1, 0.15) is 12.1 Å².